The summed E-state index contributed by atoms with van der Waals surface area (Å²) in [5, 5.41) is 35.8. The number of anilines is 2. The number of phenols is 1. The van der Waals surface area contributed by atoms with E-state index in [1.807, 2.05) is 60.5 Å². The number of aromatic hydroxyl groups is 1. The molecule has 264 valence electrons. The number of amides is 2. The zero-order chi connectivity index (χ0) is 35.5. The molecule has 1 fully saturated rings. The fraction of sp³-hybridized carbons (Fsp3) is 0.333. The van der Waals surface area contributed by atoms with Crippen LogP contribution in [-0.2, 0) is 32.2 Å². The molecule has 0 bridgehead atoms. The summed E-state index contributed by atoms with van der Waals surface area (Å²) in [7, 11) is 1.92. The molecule has 0 aromatic heterocycles. The molecule has 4 aromatic carbocycles. The second-order valence-electron chi connectivity index (χ2n) is 12.7. The molecule has 1 heterocycles. The van der Waals surface area contributed by atoms with Crippen molar-refractivity contribution in [3.05, 3.63) is 125 Å². The lowest BCUT2D eigenvalue weighted by Gasteiger charge is -2.38. The minimum Gasteiger partial charge on any atom is -0.508 e. The summed E-state index contributed by atoms with van der Waals surface area (Å²) < 4.78 is 12.9. The van der Waals surface area contributed by atoms with Gasteiger partial charge in [-0.25, -0.2) is 0 Å². The Bertz CT molecular complexity index is 1700. The number of nitrogens with zero attached hydrogens (tertiary/aromatic N) is 1. The lowest BCUT2D eigenvalue weighted by molar-refractivity contribution is -0.252. The molecule has 5 rings (SSSR count). The summed E-state index contributed by atoms with van der Waals surface area (Å²) in [6.07, 6.45) is -0.480. The minimum atomic E-state index is -0.781. The molecule has 2 amide bonds. The van der Waals surface area contributed by atoms with Crippen molar-refractivity contribution in [2.45, 2.75) is 63.4 Å². The highest BCUT2D eigenvalue weighted by atomic mass is 16.7. The van der Waals surface area contributed by atoms with Crippen molar-refractivity contribution >= 4 is 23.2 Å². The van der Waals surface area contributed by atoms with E-state index in [0.717, 1.165) is 22.3 Å². The van der Waals surface area contributed by atoms with Gasteiger partial charge in [0.05, 0.1) is 36.3 Å². The van der Waals surface area contributed by atoms with Gasteiger partial charge in [-0.05, 0) is 60.0 Å². The number of carbonyl (C=O) groups excluding carboxylic acids is 2. The molecule has 0 spiro atoms. The summed E-state index contributed by atoms with van der Waals surface area (Å²) >= 11 is 0. The van der Waals surface area contributed by atoms with E-state index in [1.54, 1.807) is 48.5 Å². The van der Waals surface area contributed by atoms with Crippen LogP contribution >= 0.6 is 0 Å². The van der Waals surface area contributed by atoms with Crippen molar-refractivity contribution in [1.29, 1.82) is 0 Å². The molecule has 4 aromatic rings. The highest BCUT2D eigenvalue weighted by Crippen LogP contribution is 2.38. The van der Waals surface area contributed by atoms with Gasteiger partial charge in [-0.2, -0.15) is 0 Å². The van der Waals surface area contributed by atoms with E-state index in [1.165, 1.54) is 0 Å². The number of aliphatic hydroxyl groups is 2. The lowest BCUT2D eigenvalue weighted by atomic mass is 9.99. The van der Waals surface area contributed by atoms with Crippen LogP contribution in [0, 0.1) is 0 Å². The molecule has 0 aliphatic carbocycles. The zero-order valence-corrected chi connectivity index (χ0v) is 28.2. The third-order valence-electron chi connectivity index (χ3n) is 8.65. The number of ether oxygens (including phenoxy) is 2. The molecule has 0 saturated carbocycles. The fourth-order valence-electron chi connectivity index (χ4n) is 5.90. The molecule has 4 unspecified atom stereocenters. The predicted molar refractivity (Wildman–Crippen MR) is 191 cm³/mol. The number of benzene rings is 4. The topological polar surface area (TPSA) is 167 Å². The maximum absolute atomic E-state index is 12.5. The van der Waals surface area contributed by atoms with Gasteiger partial charge in [0.2, 0.25) is 11.8 Å². The molecule has 11 heteroatoms. The first kappa shape index (κ1) is 36.5. The zero-order valence-electron chi connectivity index (χ0n) is 28.2. The summed E-state index contributed by atoms with van der Waals surface area (Å²) in [4.78, 5) is 26.7. The van der Waals surface area contributed by atoms with Crippen molar-refractivity contribution in [3.8, 4) is 5.75 Å². The number of likely N-dealkylation sites (N-methyl/N-ethyl adjacent to an activating group) is 1. The summed E-state index contributed by atoms with van der Waals surface area (Å²) in [5.41, 5.74) is 11.1. The van der Waals surface area contributed by atoms with Gasteiger partial charge in [0, 0.05) is 44.5 Å². The number of nitrogens with one attached hydrogen (secondary N) is 2. The molecule has 0 radical (unpaired) electrons. The Morgan fingerprint density at radius 3 is 2.32 bits per heavy atom. The van der Waals surface area contributed by atoms with Crippen LogP contribution in [-0.4, -0.2) is 58.3 Å². The van der Waals surface area contributed by atoms with Gasteiger partial charge >= 0.3 is 0 Å². The number of para-hydroxylation sites is 2. The van der Waals surface area contributed by atoms with Crippen LogP contribution in [0.4, 0.5) is 11.4 Å². The fourth-order valence-corrected chi connectivity index (χ4v) is 5.90. The van der Waals surface area contributed by atoms with Crippen LogP contribution in [0.25, 0.3) is 0 Å². The Hall–Kier alpha value is -4.78. The van der Waals surface area contributed by atoms with Gasteiger partial charge in [0.1, 0.15) is 5.75 Å². The molecule has 7 N–H and O–H groups in total. The van der Waals surface area contributed by atoms with E-state index in [2.05, 4.69) is 10.6 Å². The molecule has 11 nitrogen and oxygen atoms in total. The maximum Gasteiger partial charge on any atom is 0.224 e. The Labute approximate surface area is 292 Å². The van der Waals surface area contributed by atoms with Crippen molar-refractivity contribution in [1.82, 2.24) is 10.2 Å². The van der Waals surface area contributed by atoms with Crippen molar-refractivity contribution in [2.75, 3.05) is 31.2 Å². The molecule has 1 aliphatic rings. The standard InChI is InChI=1S/C39H46N4O7/c1-43(24-35(46)30-6-4-7-31(45)20-30)23-32-21-36(28-16-14-27(25-44)15-17-28)50-39(49-32)29-18-12-26(13-19-29)22-41-37(47)10-5-11-38(48)42-34-9-3-2-8-33(34)40/h2-4,6-9,12-20,32,35-36,39,44-46H,5,10-11,21-25,40H2,1H3,(H,41,47)(H,42,48). The first-order valence-electron chi connectivity index (χ1n) is 16.8. The van der Waals surface area contributed by atoms with E-state index >= 15 is 0 Å². The van der Waals surface area contributed by atoms with Gasteiger partial charge in [-0.3, -0.25) is 9.59 Å². The average molecular weight is 683 g/mol. The van der Waals surface area contributed by atoms with Gasteiger partial charge in [0.15, 0.2) is 6.29 Å². The number of phenolic OH excluding ortho intramolecular Hbond substituents is 1. The molecular formula is C39H46N4O7. The van der Waals surface area contributed by atoms with Gasteiger partial charge < -0.3 is 46.1 Å². The number of rotatable bonds is 15. The van der Waals surface area contributed by atoms with E-state index in [4.69, 9.17) is 15.2 Å². The van der Waals surface area contributed by atoms with Crippen molar-refractivity contribution < 1.29 is 34.4 Å². The number of nitrogens with two attached hydrogens (primary N) is 1. The van der Waals surface area contributed by atoms with E-state index in [9.17, 15) is 24.9 Å². The molecule has 50 heavy (non-hydrogen) atoms. The van der Waals surface area contributed by atoms with Gasteiger partial charge in [0.25, 0.3) is 0 Å². The highest BCUT2D eigenvalue weighted by Gasteiger charge is 2.33. The van der Waals surface area contributed by atoms with E-state index in [-0.39, 0.29) is 49.2 Å². The first-order chi connectivity index (χ1) is 24.2. The van der Waals surface area contributed by atoms with Crippen LogP contribution in [0.3, 0.4) is 0 Å². The van der Waals surface area contributed by atoms with Crippen LogP contribution < -0.4 is 16.4 Å². The normalized spacial score (nSPS) is 18.0. The quantitative estimate of drug-likeness (QED) is 0.0936. The number of aliphatic hydroxyl groups excluding tert-OH is 2. The van der Waals surface area contributed by atoms with Crippen LogP contribution in [0.2, 0.25) is 0 Å². The summed E-state index contributed by atoms with van der Waals surface area (Å²) in [6, 6.07) is 29.1. The Morgan fingerprint density at radius 2 is 1.60 bits per heavy atom. The lowest BCUT2D eigenvalue weighted by Crippen LogP contribution is -2.39. The molecule has 1 aliphatic heterocycles. The average Bonchev–Trinajstić information content (AvgIpc) is 3.11. The van der Waals surface area contributed by atoms with Crippen molar-refractivity contribution in [3.63, 3.8) is 0 Å². The predicted octanol–water partition coefficient (Wildman–Crippen LogP) is 5.10. The number of nitrogen functional groups attached to an aromatic ring is 1. The van der Waals surface area contributed by atoms with Crippen LogP contribution in [0.1, 0.15) is 72.0 Å². The third-order valence-corrected chi connectivity index (χ3v) is 8.65. The SMILES string of the molecule is CN(CC1CC(c2ccc(CO)cc2)OC(c2ccc(CNC(=O)CCCC(=O)Nc3ccccc3N)cc2)O1)CC(O)c1cccc(O)c1. The van der Waals surface area contributed by atoms with Crippen molar-refractivity contribution in [2.24, 2.45) is 0 Å². The largest absolute Gasteiger partial charge is 0.508 e. The molecular weight excluding hydrogens is 636 g/mol. The Balaban J connectivity index is 1.15. The third kappa shape index (κ3) is 10.6. The summed E-state index contributed by atoms with van der Waals surface area (Å²) in [6.45, 7) is 1.18. The highest BCUT2D eigenvalue weighted by molar-refractivity contribution is 5.93. The van der Waals surface area contributed by atoms with E-state index in [0.29, 0.717) is 49.4 Å². The second kappa shape index (κ2) is 17.7. The van der Waals surface area contributed by atoms with Gasteiger partial charge in [-0.15, -0.1) is 0 Å². The first-order valence-corrected chi connectivity index (χ1v) is 16.8. The second-order valence-corrected chi connectivity index (χ2v) is 12.7. The van der Waals surface area contributed by atoms with Gasteiger partial charge in [-0.1, -0.05) is 72.8 Å². The monoisotopic (exact) mass is 682 g/mol. The molecule has 1 saturated heterocycles. The number of hydrogen-bond acceptors (Lipinski definition) is 9. The maximum atomic E-state index is 12.5. The minimum absolute atomic E-state index is 0.0406. The Kier molecular flexibility index (Phi) is 13.0. The number of carbonyl (C=O) groups is 2. The smallest absolute Gasteiger partial charge is 0.224 e. The summed E-state index contributed by atoms with van der Waals surface area (Å²) in [5.74, 6) is -0.227. The molecule has 4 atom stereocenters. The number of hydrogen-bond donors (Lipinski definition) is 6. The van der Waals surface area contributed by atoms with E-state index < -0.39 is 12.4 Å². The van der Waals surface area contributed by atoms with Crippen LogP contribution in [0.15, 0.2) is 97.1 Å². The van der Waals surface area contributed by atoms with Crippen LogP contribution in [0.5, 0.6) is 5.75 Å². The Morgan fingerprint density at radius 1 is 0.900 bits per heavy atom.